The zero-order chi connectivity index (χ0) is 9.97. The molecule has 0 spiro atoms. The van der Waals surface area contributed by atoms with E-state index >= 15 is 0 Å². The van der Waals surface area contributed by atoms with Crippen LogP contribution in [0, 0.1) is 0 Å². The summed E-state index contributed by atoms with van der Waals surface area (Å²) in [6, 6.07) is 8.40. The van der Waals surface area contributed by atoms with Gasteiger partial charge >= 0.3 is 0 Å². The Morgan fingerprint density at radius 2 is 2.07 bits per heavy atom. The minimum Gasteiger partial charge on any atom is -0.297 e. The molecule has 14 heavy (non-hydrogen) atoms. The molecule has 0 aliphatic carbocycles. The lowest BCUT2D eigenvalue weighted by Crippen LogP contribution is -2.27. The van der Waals surface area contributed by atoms with E-state index in [1.54, 1.807) is 0 Å². The van der Waals surface area contributed by atoms with Crippen LogP contribution in [-0.4, -0.2) is 17.7 Å². The van der Waals surface area contributed by atoms with E-state index in [9.17, 15) is 0 Å². The van der Waals surface area contributed by atoms with Crippen LogP contribution in [0.2, 0.25) is 5.02 Å². The van der Waals surface area contributed by atoms with Crippen LogP contribution in [0.5, 0.6) is 0 Å². The van der Waals surface area contributed by atoms with Crippen molar-refractivity contribution in [2.75, 3.05) is 11.6 Å². The molecule has 1 aliphatic rings. The molecular formula is C10H11Cl2NS. The normalized spacial score (nSPS) is 26.7. The molecule has 76 valence electrons. The monoisotopic (exact) mass is 247 g/mol. The molecule has 0 radical (unpaired) electrons. The Hall–Kier alpha value is 0.110. The van der Waals surface area contributed by atoms with Crippen LogP contribution in [0.3, 0.4) is 0 Å². The van der Waals surface area contributed by atoms with Gasteiger partial charge < -0.3 is 0 Å². The Bertz CT molecular complexity index is 301. The predicted molar refractivity (Wildman–Crippen MR) is 64.3 cm³/mol. The Balaban J connectivity index is 2.06. The Kier molecular flexibility index (Phi) is 3.61. The van der Waals surface area contributed by atoms with Crippen molar-refractivity contribution in [3.8, 4) is 0 Å². The van der Waals surface area contributed by atoms with E-state index in [1.165, 1.54) is 5.56 Å². The number of hydrogen-bond donors (Lipinski definition) is 1. The Morgan fingerprint density at radius 1 is 1.36 bits per heavy atom. The van der Waals surface area contributed by atoms with Crippen molar-refractivity contribution in [3.63, 3.8) is 0 Å². The maximum absolute atomic E-state index is 5.83. The number of rotatable bonds is 2. The molecule has 1 aromatic carbocycles. The second-order valence-electron chi connectivity index (χ2n) is 3.28. The Morgan fingerprint density at radius 3 is 2.64 bits per heavy atom. The van der Waals surface area contributed by atoms with Crippen molar-refractivity contribution >= 4 is 35.0 Å². The average Bonchev–Trinajstić information content (AvgIpc) is 2.67. The molecule has 1 saturated heterocycles. The van der Waals surface area contributed by atoms with Gasteiger partial charge in [0.1, 0.15) is 0 Å². The first kappa shape index (κ1) is 10.6. The topological polar surface area (TPSA) is 12.0 Å². The largest absolute Gasteiger partial charge is 0.297 e. The first-order chi connectivity index (χ1) is 6.79. The molecule has 1 fully saturated rings. The predicted octanol–water partition coefficient (Wildman–Crippen LogP) is 3.28. The Labute approximate surface area is 98.2 Å². The maximum Gasteiger partial charge on any atom is 0.0792 e. The van der Waals surface area contributed by atoms with Crippen LogP contribution >= 0.6 is 35.0 Å². The summed E-state index contributed by atoms with van der Waals surface area (Å²) in [5.41, 5.74) is 1.27. The first-order valence-electron chi connectivity index (χ1n) is 4.48. The summed E-state index contributed by atoms with van der Waals surface area (Å²) in [7, 11) is 0. The van der Waals surface area contributed by atoms with Gasteiger partial charge in [0.2, 0.25) is 0 Å². The van der Waals surface area contributed by atoms with Gasteiger partial charge in [-0.05, 0) is 17.7 Å². The van der Waals surface area contributed by atoms with Gasteiger partial charge in [-0.15, -0.1) is 23.4 Å². The van der Waals surface area contributed by atoms with Crippen molar-refractivity contribution in [1.82, 2.24) is 5.32 Å². The lowest BCUT2D eigenvalue weighted by Gasteiger charge is -2.11. The van der Waals surface area contributed by atoms with Crippen LogP contribution in [0.1, 0.15) is 10.9 Å². The van der Waals surface area contributed by atoms with Crippen molar-refractivity contribution in [2.45, 2.75) is 11.4 Å². The number of nitrogens with one attached hydrogen (secondary N) is 1. The van der Waals surface area contributed by atoms with Gasteiger partial charge in [0, 0.05) is 22.7 Å². The fourth-order valence-corrected chi connectivity index (χ4v) is 3.17. The van der Waals surface area contributed by atoms with Crippen molar-refractivity contribution < 1.29 is 0 Å². The molecule has 1 nitrogen and oxygen atoms in total. The van der Waals surface area contributed by atoms with Gasteiger partial charge in [-0.25, -0.2) is 0 Å². The standard InChI is InChI=1S/C10H11Cl2NS/c11-5-9-6-14-10(13-9)7-1-3-8(12)4-2-7/h1-4,9-10,13H,5-6H2. The molecule has 0 saturated carbocycles. The molecule has 1 heterocycles. The minimum absolute atomic E-state index is 0.371. The third-order valence-corrected chi connectivity index (χ3v) is 4.17. The number of alkyl halides is 1. The van der Waals surface area contributed by atoms with E-state index in [2.05, 4.69) is 17.4 Å². The molecule has 0 aromatic heterocycles. The summed E-state index contributed by atoms with van der Waals surface area (Å²) >= 11 is 13.5. The van der Waals surface area contributed by atoms with E-state index in [0.29, 0.717) is 17.3 Å². The van der Waals surface area contributed by atoms with Gasteiger partial charge in [-0.1, -0.05) is 23.7 Å². The number of halogens is 2. The van der Waals surface area contributed by atoms with E-state index in [-0.39, 0.29) is 0 Å². The molecule has 1 aromatic rings. The van der Waals surface area contributed by atoms with Crippen LogP contribution in [-0.2, 0) is 0 Å². The molecule has 4 heteroatoms. The molecule has 1 N–H and O–H groups in total. The third kappa shape index (κ3) is 2.37. The van der Waals surface area contributed by atoms with Crippen LogP contribution < -0.4 is 5.32 Å². The lowest BCUT2D eigenvalue weighted by atomic mass is 10.2. The third-order valence-electron chi connectivity index (χ3n) is 2.21. The van der Waals surface area contributed by atoms with Crippen LogP contribution in [0.4, 0.5) is 0 Å². The van der Waals surface area contributed by atoms with E-state index in [1.807, 2.05) is 23.9 Å². The second-order valence-corrected chi connectivity index (χ2v) is 5.17. The summed E-state index contributed by atoms with van der Waals surface area (Å²) in [6.45, 7) is 0. The van der Waals surface area contributed by atoms with E-state index in [0.717, 1.165) is 10.8 Å². The van der Waals surface area contributed by atoms with Crippen molar-refractivity contribution in [2.24, 2.45) is 0 Å². The van der Waals surface area contributed by atoms with Gasteiger partial charge in [-0.3, -0.25) is 5.32 Å². The highest BCUT2D eigenvalue weighted by Crippen LogP contribution is 2.33. The van der Waals surface area contributed by atoms with E-state index < -0.39 is 0 Å². The summed E-state index contributed by atoms with van der Waals surface area (Å²) in [6.07, 6.45) is 0. The van der Waals surface area contributed by atoms with Crippen LogP contribution in [0.25, 0.3) is 0 Å². The molecule has 2 rings (SSSR count). The number of benzene rings is 1. The fourth-order valence-electron chi connectivity index (χ4n) is 1.44. The highest BCUT2D eigenvalue weighted by Gasteiger charge is 2.24. The number of thioether (sulfide) groups is 1. The zero-order valence-electron chi connectivity index (χ0n) is 7.54. The maximum atomic E-state index is 5.83. The molecular weight excluding hydrogens is 237 g/mol. The fraction of sp³-hybridized carbons (Fsp3) is 0.400. The van der Waals surface area contributed by atoms with Gasteiger partial charge in [0.05, 0.1) is 5.37 Å². The molecule has 2 atom stereocenters. The summed E-state index contributed by atoms with van der Waals surface area (Å²) < 4.78 is 0. The SMILES string of the molecule is ClCC1CSC(c2ccc(Cl)cc2)N1. The zero-order valence-corrected chi connectivity index (χ0v) is 9.87. The molecule has 2 unspecified atom stereocenters. The summed E-state index contributed by atoms with van der Waals surface area (Å²) in [5, 5.41) is 4.62. The van der Waals surface area contributed by atoms with Gasteiger partial charge in [-0.2, -0.15) is 0 Å². The molecule has 0 amide bonds. The van der Waals surface area contributed by atoms with Crippen molar-refractivity contribution in [3.05, 3.63) is 34.9 Å². The molecule has 0 bridgehead atoms. The van der Waals surface area contributed by atoms with Gasteiger partial charge in [0.15, 0.2) is 0 Å². The van der Waals surface area contributed by atoms with E-state index in [4.69, 9.17) is 23.2 Å². The minimum atomic E-state index is 0.371. The quantitative estimate of drug-likeness (QED) is 0.806. The highest BCUT2D eigenvalue weighted by atomic mass is 35.5. The molecule has 1 aliphatic heterocycles. The van der Waals surface area contributed by atoms with Gasteiger partial charge in [0.25, 0.3) is 0 Å². The van der Waals surface area contributed by atoms with Crippen LogP contribution in [0.15, 0.2) is 24.3 Å². The lowest BCUT2D eigenvalue weighted by molar-refractivity contribution is 0.623. The first-order valence-corrected chi connectivity index (χ1v) is 6.45. The van der Waals surface area contributed by atoms with Crippen molar-refractivity contribution in [1.29, 1.82) is 0 Å². The highest BCUT2D eigenvalue weighted by molar-refractivity contribution is 7.99. The summed E-state index contributed by atoms with van der Waals surface area (Å²) in [4.78, 5) is 0. The number of hydrogen-bond acceptors (Lipinski definition) is 2. The second kappa shape index (κ2) is 4.75. The summed E-state index contributed by atoms with van der Waals surface area (Å²) in [5.74, 6) is 1.76. The smallest absolute Gasteiger partial charge is 0.0792 e. The average molecular weight is 248 g/mol.